The zero-order valence-electron chi connectivity index (χ0n) is 13.4. The fourth-order valence-corrected chi connectivity index (χ4v) is 3.16. The number of anilines is 1. The number of carbonyl (C=O) groups excluding carboxylic acids is 2. The predicted molar refractivity (Wildman–Crippen MR) is 91.1 cm³/mol. The van der Waals surface area contributed by atoms with Gasteiger partial charge in [-0.2, -0.15) is 0 Å². The largest absolute Gasteiger partial charge is 0.506 e. The maximum Gasteiger partial charge on any atom is 0.303 e. The van der Waals surface area contributed by atoms with Crippen LogP contribution < -0.4 is 10.2 Å². The SMILES string of the molecule is CC1(C)C(=O)N(CC(=O)NCCCC(=O)O)c2c(O)cc(Br)cc21. The number of halogens is 1. The first kappa shape index (κ1) is 18.3. The molecule has 0 fully saturated rings. The highest BCUT2D eigenvalue weighted by molar-refractivity contribution is 9.10. The van der Waals surface area contributed by atoms with Gasteiger partial charge in [0.1, 0.15) is 12.3 Å². The summed E-state index contributed by atoms with van der Waals surface area (Å²) in [6.07, 6.45) is 0.281. The smallest absolute Gasteiger partial charge is 0.303 e. The molecule has 1 aromatic carbocycles. The van der Waals surface area contributed by atoms with Crippen LogP contribution in [0.15, 0.2) is 16.6 Å². The number of carboxylic acid groups (broad SMARTS) is 1. The number of phenols is 1. The lowest BCUT2D eigenvalue weighted by Crippen LogP contribution is -2.43. The molecule has 2 rings (SSSR count). The zero-order valence-corrected chi connectivity index (χ0v) is 15.0. The molecule has 24 heavy (non-hydrogen) atoms. The minimum Gasteiger partial charge on any atom is -0.506 e. The van der Waals surface area contributed by atoms with Gasteiger partial charge in [0.25, 0.3) is 0 Å². The van der Waals surface area contributed by atoms with Crippen molar-refractivity contribution in [1.29, 1.82) is 0 Å². The summed E-state index contributed by atoms with van der Waals surface area (Å²) in [4.78, 5) is 36.4. The molecule has 0 atom stereocenters. The number of phenolic OH excluding ortho intramolecular Hbond substituents is 1. The third kappa shape index (κ3) is 3.53. The summed E-state index contributed by atoms with van der Waals surface area (Å²) >= 11 is 3.29. The Labute approximate surface area is 147 Å². The number of benzene rings is 1. The summed E-state index contributed by atoms with van der Waals surface area (Å²) in [6.45, 7) is 3.48. The zero-order chi connectivity index (χ0) is 18.1. The van der Waals surface area contributed by atoms with Gasteiger partial charge in [-0.25, -0.2) is 0 Å². The Bertz CT molecular complexity index is 702. The number of carboxylic acids is 1. The van der Waals surface area contributed by atoms with Crippen molar-refractivity contribution < 1.29 is 24.6 Å². The van der Waals surface area contributed by atoms with E-state index >= 15 is 0 Å². The Kier molecular flexibility index (Phi) is 5.17. The van der Waals surface area contributed by atoms with E-state index < -0.39 is 17.3 Å². The Morgan fingerprint density at radius 3 is 2.62 bits per heavy atom. The van der Waals surface area contributed by atoms with Crippen LogP contribution in [0.5, 0.6) is 5.75 Å². The van der Waals surface area contributed by atoms with Gasteiger partial charge in [0.05, 0.1) is 11.1 Å². The summed E-state index contributed by atoms with van der Waals surface area (Å²) in [7, 11) is 0. The summed E-state index contributed by atoms with van der Waals surface area (Å²) in [5.41, 5.74) is 0.145. The Morgan fingerprint density at radius 2 is 2.00 bits per heavy atom. The molecule has 3 N–H and O–H groups in total. The van der Waals surface area contributed by atoms with Crippen molar-refractivity contribution in [3.05, 3.63) is 22.2 Å². The predicted octanol–water partition coefficient (Wildman–Crippen LogP) is 1.76. The number of hydrogen-bond acceptors (Lipinski definition) is 4. The number of nitrogens with zero attached hydrogens (tertiary/aromatic N) is 1. The van der Waals surface area contributed by atoms with E-state index in [0.717, 1.165) is 0 Å². The lowest BCUT2D eigenvalue weighted by atomic mass is 9.86. The van der Waals surface area contributed by atoms with Crippen LogP contribution in [0.4, 0.5) is 5.69 Å². The van der Waals surface area contributed by atoms with Gasteiger partial charge in [-0.1, -0.05) is 15.9 Å². The second-order valence-electron chi connectivity index (χ2n) is 6.18. The van der Waals surface area contributed by atoms with E-state index in [2.05, 4.69) is 21.2 Å². The third-order valence-electron chi connectivity index (χ3n) is 3.97. The van der Waals surface area contributed by atoms with Crippen molar-refractivity contribution in [3.63, 3.8) is 0 Å². The Hall–Kier alpha value is -2.09. The molecule has 1 aliphatic heterocycles. The number of carbonyl (C=O) groups is 3. The van der Waals surface area contributed by atoms with E-state index in [9.17, 15) is 19.5 Å². The number of aliphatic carboxylic acids is 1. The summed E-state index contributed by atoms with van der Waals surface area (Å²) < 4.78 is 0.652. The molecule has 0 radical (unpaired) electrons. The highest BCUT2D eigenvalue weighted by Crippen LogP contribution is 2.47. The van der Waals surface area contributed by atoms with Crippen molar-refractivity contribution in [2.45, 2.75) is 32.1 Å². The van der Waals surface area contributed by atoms with Crippen molar-refractivity contribution in [2.24, 2.45) is 0 Å². The van der Waals surface area contributed by atoms with Crippen LogP contribution in [0, 0.1) is 0 Å². The maximum absolute atomic E-state index is 12.6. The summed E-state index contributed by atoms with van der Waals surface area (Å²) in [5, 5.41) is 21.4. The van der Waals surface area contributed by atoms with Crippen LogP contribution in [0.2, 0.25) is 0 Å². The average Bonchev–Trinajstić information content (AvgIpc) is 2.65. The molecule has 0 aromatic heterocycles. The lowest BCUT2D eigenvalue weighted by molar-refractivity contribution is -0.137. The molecule has 0 unspecified atom stereocenters. The molecule has 0 saturated heterocycles. The Morgan fingerprint density at radius 1 is 1.33 bits per heavy atom. The molecular weight excluding hydrogens is 380 g/mol. The van der Waals surface area contributed by atoms with E-state index in [1.807, 2.05) is 0 Å². The van der Waals surface area contributed by atoms with E-state index in [1.165, 1.54) is 11.0 Å². The van der Waals surface area contributed by atoms with Gasteiger partial charge in [0, 0.05) is 17.4 Å². The fraction of sp³-hybridized carbons (Fsp3) is 0.438. The van der Waals surface area contributed by atoms with Gasteiger partial charge in [-0.15, -0.1) is 0 Å². The molecule has 0 bridgehead atoms. The second kappa shape index (κ2) is 6.80. The van der Waals surface area contributed by atoms with Crippen LogP contribution >= 0.6 is 15.9 Å². The number of aromatic hydroxyl groups is 1. The number of hydrogen-bond donors (Lipinski definition) is 3. The molecule has 8 heteroatoms. The molecule has 1 heterocycles. The van der Waals surface area contributed by atoms with E-state index in [4.69, 9.17) is 5.11 Å². The standard InChI is InChI=1S/C16H19BrN2O5/c1-16(2)10-6-9(17)7-11(20)14(10)19(15(16)24)8-12(21)18-5-3-4-13(22)23/h6-7,20H,3-5,8H2,1-2H3,(H,18,21)(H,22,23). The molecule has 1 aromatic rings. The highest BCUT2D eigenvalue weighted by Gasteiger charge is 2.46. The first-order valence-electron chi connectivity index (χ1n) is 7.48. The molecule has 130 valence electrons. The second-order valence-corrected chi connectivity index (χ2v) is 7.10. The van der Waals surface area contributed by atoms with Gasteiger partial charge in [0.2, 0.25) is 11.8 Å². The van der Waals surface area contributed by atoms with Crippen molar-refractivity contribution in [1.82, 2.24) is 5.32 Å². The van der Waals surface area contributed by atoms with Gasteiger partial charge in [-0.3, -0.25) is 19.3 Å². The molecule has 2 amide bonds. The van der Waals surface area contributed by atoms with Gasteiger partial charge in [-0.05, 0) is 38.0 Å². The number of rotatable bonds is 6. The molecule has 1 aliphatic rings. The van der Waals surface area contributed by atoms with Crippen LogP contribution in [0.1, 0.15) is 32.3 Å². The molecular formula is C16H19BrN2O5. The lowest BCUT2D eigenvalue weighted by Gasteiger charge is -2.20. The quantitative estimate of drug-likeness (QED) is 0.632. The Balaban J connectivity index is 2.13. The highest BCUT2D eigenvalue weighted by atomic mass is 79.9. The summed E-state index contributed by atoms with van der Waals surface area (Å²) in [6, 6.07) is 3.24. The van der Waals surface area contributed by atoms with Gasteiger partial charge < -0.3 is 15.5 Å². The monoisotopic (exact) mass is 398 g/mol. The maximum atomic E-state index is 12.6. The number of nitrogens with one attached hydrogen (secondary N) is 1. The topological polar surface area (TPSA) is 107 Å². The summed E-state index contributed by atoms with van der Waals surface area (Å²) in [5.74, 6) is -1.67. The first-order valence-corrected chi connectivity index (χ1v) is 8.27. The molecule has 0 saturated carbocycles. The molecule has 0 spiro atoms. The average molecular weight is 399 g/mol. The molecule has 7 nitrogen and oxygen atoms in total. The van der Waals surface area contributed by atoms with Gasteiger partial charge in [0.15, 0.2) is 0 Å². The number of amides is 2. The molecule has 0 aliphatic carbocycles. The number of fused-ring (bicyclic) bond motifs is 1. The fourth-order valence-electron chi connectivity index (χ4n) is 2.72. The van der Waals surface area contributed by atoms with Crippen LogP contribution in [-0.2, 0) is 19.8 Å². The van der Waals surface area contributed by atoms with Crippen LogP contribution in [0.25, 0.3) is 0 Å². The van der Waals surface area contributed by atoms with Crippen molar-refractivity contribution in [3.8, 4) is 5.75 Å². The minimum atomic E-state index is -0.926. The van der Waals surface area contributed by atoms with Crippen molar-refractivity contribution >= 4 is 39.4 Å². The third-order valence-corrected chi connectivity index (χ3v) is 4.43. The van der Waals surface area contributed by atoms with Crippen LogP contribution in [0.3, 0.4) is 0 Å². The van der Waals surface area contributed by atoms with Crippen molar-refractivity contribution in [2.75, 3.05) is 18.0 Å². The van der Waals surface area contributed by atoms with E-state index in [1.54, 1.807) is 19.9 Å². The first-order chi connectivity index (χ1) is 11.1. The van der Waals surface area contributed by atoms with E-state index in [0.29, 0.717) is 22.1 Å². The van der Waals surface area contributed by atoms with Crippen LogP contribution in [-0.4, -0.2) is 41.1 Å². The van der Waals surface area contributed by atoms with E-state index in [-0.39, 0.29) is 31.2 Å². The minimum absolute atomic E-state index is 0.0341. The van der Waals surface area contributed by atoms with Gasteiger partial charge >= 0.3 is 5.97 Å². The normalized spacial score (nSPS) is 15.3.